The van der Waals surface area contributed by atoms with E-state index in [2.05, 4.69) is 10.1 Å². The third kappa shape index (κ3) is 3.28. The Morgan fingerprint density at radius 2 is 1.81 bits per heavy atom. The molecule has 4 rings (SSSR count). The molecule has 1 spiro atoms. The zero-order chi connectivity index (χ0) is 19.7. The van der Waals surface area contributed by atoms with Gasteiger partial charge in [0.1, 0.15) is 11.0 Å². The average Bonchev–Trinajstić information content (AvgIpc) is 3.12. The van der Waals surface area contributed by atoms with Crippen LogP contribution in [0.4, 0.5) is 18.0 Å². The van der Waals surface area contributed by atoms with E-state index in [1.807, 2.05) is 25.7 Å². The molecule has 3 heterocycles. The van der Waals surface area contributed by atoms with Gasteiger partial charge in [-0.15, -0.1) is 0 Å². The van der Waals surface area contributed by atoms with Crippen LogP contribution in [0.2, 0.25) is 0 Å². The molecule has 10 heteroatoms. The monoisotopic (exact) mass is 388 g/mol. The molecule has 0 radical (unpaired) electrons. The maximum atomic E-state index is 13.1. The molecular formula is C17H23F3N4O3. The van der Waals surface area contributed by atoms with Crippen LogP contribution in [-0.2, 0) is 16.7 Å². The standard InChI is InChI=1S/C17H23F3N4O3/c1-14(2,3)26-13(25)24-9-15(10-24)7-23(8-15)6-11-21-12(22-27-11)16(4-5-16)17(18,19)20/h4-10H2,1-3H3. The first-order valence-corrected chi connectivity index (χ1v) is 9.02. The summed E-state index contributed by atoms with van der Waals surface area (Å²) in [4.78, 5) is 19.7. The van der Waals surface area contributed by atoms with Gasteiger partial charge in [0.05, 0.1) is 6.54 Å². The van der Waals surface area contributed by atoms with Crippen LogP contribution in [0, 0.1) is 5.41 Å². The highest BCUT2D eigenvalue weighted by molar-refractivity contribution is 5.69. The topological polar surface area (TPSA) is 71.7 Å². The molecule has 0 N–H and O–H groups in total. The number of hydrogen-bond donors (Lipinski definition) is 0. The van der Waals surface area contributed by atoms with Crippen LogP contribution in [0.3, 0.4) is 0 Å². The van der Waals surface area contributed by atoms with E-state index in [1.165, 1.54) is 0 Å². The Hall–Kier alpha value is -1.84. The van der Waals surface area contributed by atoms with E-state index < -0.39 is 17.2 Å². The van der Waals surface area contributed by atoms with Gasteiger partial charge in [-0.25, -0.2) is 4.79 Å². The summed E-state index contributed by atoms with van der Waals surface area (Å²) in [6, 6.07) is 0. The fraction of sp³-hybridized carbons (Fsp3) is 0.824. The van der Waals surface area contributed by atoms with Gasteiger partial charge in [0, 0.05) is 31.6 Å². The summed E-state index contributed by atoms with van der Waals surface area (Å²) in [5.74, 6) is -0.0429. The number of hydrogen-bond acceptors (Lipinski definition) is 6. The van der Waals surface area contributed by atoms with E-state index in [0.29, 0.717) is 19.6 Å². The third-order valence-electron chi connectivity index (χ3n) is 5.37. The maximum Gasteiger partial charge on any atom is 0.410 e. The van der Waals surface area contributed by atoms with E-state index in [4.69, 9.17) is 9.26 Å². The molecule has 1 amide bonds. The van der Waals surface area contributed by atoms with Crippen molar-refractivity contribution in [1.29, 1.82) is 0 Å². The minimum Gasteiger partial charge on any atom is -0.444 e. The number of ether oxygens (including phenoxy) is 1. The highest BCUT2D eigenvalue weighted by Crippen LogP contribution is 2.57. The van der Waals surface area contributed by atoms with E-state index >= 15 is 0 Å². The molecule has 0 unspecified atom stereocenters. The number of likely N-dealkylation sites (tertiary alicyclic amines) is 2. The van der Waals surface area contributed by atoms with Crippen LogP contribution in [0.15, 0.2) is 4.52 Å². The quantitative estimate of drug-likeness (QED) is 0.793. The minimum atomic E-state index is -4.34. The maximum absolute atomic E-state index is 13.1. The lowest BCUT2D eigenvalue weighted by molar-refractivity contribution is -0.162. The molecule has 0 bridgehead atoms. The van der Waals surface area contributed by atoms with Crippen LogP contribution in [-0.4, -0.2) is 64.0 Å². The second-order valence-corrected chi connectivity index (χ2v) is 9.07. The largest absolute Gasteiger partial charge is 0.444 e. The van der Waals surface area contributed by atoms with Crippen LogP contribution in [0.1, 0.15) is 45.3 Å². The molecule has 27 heavy (non-hydrogen) atoms. The van der Waals surface area contributed by atoms with Crippen molar-refractivity contribution in [3.05, 3.63) is 11.7 Å². The lowest BCUT2D eigenvalue weighted by Gasteiger charge is -2.59. The van der Waals surface area contributed by atoms with Crippen molar-refractivity contribution < 1.29 is 27.2 Å². The third-order valence-corrected chi connectivity index (χ3v) is 5.37. The van der Waals surface area contributed by atoms with Gasteiger partial charge < -0.3 is 14.2 Å². The van der Waals surface area contributed by atoms with Gasteiger partial charge in [-0.1, -0.05) is 5.16 Å². The summed E-state index contributed by atoms with van der Waals surface area (Å²) in [6.45, 7) is 8.56. The zero-order valence-corrected chi connectivity index (χ0v) is 15.6. The van der Waals surface area contributed by atoms with Crippen molar-refractivity contribution in [3.8, 4) is 0 Å². The highest BCUT2D eigenvalue weighted by atomic mass is 19.4. The molecule has 3 aliphatic rings. The van der Waals surface area contributed by atoms with Gasteiger partial charge in [0.2, 0.25) is 5.89 Å². The molecule has 1 aromatic heterocycles. The van der Waals surface area contributed by atoms with E-state index in [0.717, 1.165) is 13.1 Å². The van der Waals surface area contributed by atoms with Gasteiger partial charge in [-0.2, -0.15) is 18.2 Å². The smallest absolute Gasteiger partial charge is 0.410 e. The van der Waals surface area contributed by atoms with Crippen LogP contribution in [0.5, 0.6) is 0 Å². The first-order valence-electron chi connectivity index (χ1n) is 9.02. The molecule has 2 aliphatic heterocycles. The van der Waals surface area contributed by atoms with Crippen LogP contribution in [0.25, 0.3) is 0 Å². The Bertz CT molecular complexity index is 737. The Kier molecular flexibility index (Phi) is 3.83. The number of amides is 1. The van der Waals surface area contributed by atoms with E-state index in [1.54, 1.807) is 4.90 Å². The predicted octanol–water partition coefficient (Wildman–Crippen LogP) is 2.72. The Labute approximate surface area is 154 Å². The summed E-state index contributed by atoms with van der Waals surface area (Å²) >= 11 is 0. The summed E-state index contributed by atoms with van der Waals surface area (Å²) in [7, 11) is 0. The first kappa shape index (κ1) is 18.5. The molecule has 7 nitrogen and oxygen atoms in total. The minimum absolute atomic E-state index is 0.0167. The van der Waals surface area contributed by atoms with Crippen LogP contribution >= 0.6 is 0 Å². The molecule has 2 saturated heterocycles. The average molecular weight is 388 g/mol. The van der Waals surface area contributed by atoms with Crippen molar-refractivity contribution in [3.63, 3.8) is 0 Å². The second-order valence-electron chi connectivity index (χ2n) is 9.07. The fourth-order valence-corrected chi connectivity index (χ4v) is 3.90. The van der Waals surface area contributed by atoms with Gasteiger partial charge in [-0.05, 0) is 33.6 Å². The molecule has 3 fully saturated rings. The van der Waals surface area contributed by atoms with Crippen molar-refractivity contribution in [2.45, 2.75) is 57.3 Å². The van der Waals surface area contributed by atoms with Gasteiger partial charge in [-0.3, -0.25) is 4.90 Å². The molecule has 150 valence electrons. The number of carbonyl (C=O) groups excluding carboxylic acids is 1. The van der Waals surface area contributed by atoms with Gasteiger partial charge >= 0.3 is 12.3 Å². The molecule has 0 atom stereocenters. The highest BCUT2D eigenvalue weighted by Gasteiger charge is 2.67. The molecular weight excluding hydrogens is 365 g/mol. The van der Waals surface area contributed by atoms with E-state index in [9.17, 15) is 18.0 Å². The first-order chi connectivity index (χ1) is 12.4. The summed E-state index contributed by atoms with van der Waals surface area (Å²) in [5.41, 5.74) is -2.38. The van der Waals surface area contributed by atoms with Crippen molar-refractivity contribution >= 4 is 6.09 Å². The molecule has 1 aliphatic carbocycles. The second kappa shape index (κ2) is 5.59. The van der Waals surface area contributed by atoms with E-state index in [-0.39, 0.29) is 36.1 Å². The SMILES string of the molecule is CC(C)(C)OC(=O)N1CC2(CN(Cc3nc(C4(C(F)(F)F)CC4)no3)C2)C1. The van der Waals surface area contributed by atoms with Gasteiger partial charge in [0.15, 0.2) is 5.82 Å². The lowest BCUT2D eigenvalue weighted by atomic mass is 9.73. The summed E-state index contributed by atoms with van der Waals surface area (Å²) in [5, 5.41) is 3.57. The van der Waals surface area contributed by atoms with Gasteiger partial charge in [0.25, 0.3) is 0 Å². The molecule has 0 aromatic carbocycles. The number of halogens is 3. The number of rotatable bonds is 3. The Morgan fingerprint density at radius 3 is 2.33 bits per heavy atom. The number of nitrogens with zero attached hydrogens (tertiary/aromatic N) is 4. The molecule has 1 saturated carbocycles. The number of carbonyl (C=O) groups is 1. The zero-order valence-electron chi connectivity index (χ0n) is 15.6. The summed E-state index contributed by atoms with van der Waals surface area (Å²) < 4.78 is 49.7. The lowest BCUT2D eigenvalue weighted by Crippen LogP contribution is -2.72. The Morgan fingerprint density at radius 1 is 1.19 bits per heavy atom. The Balaban J connectivity index is 1.26. The van der Waals surface area contributed by atoms with Crippen LogP contribution < -0.4 is 0 Å². The predicted molar refractivity (Wildman–Crippen MR) is 86.8 cm³/mol. The normalized spacial score (nSPS) is 23.7. The number of alkyl halides is 3. The van der Waals surface area contributed by atoms with Crippen molar-refractivity contribution in [2.75, 3.05) is 26.2 Å². The number of aromatic nitrogens is 2. The van der Waals surface area contributed by atoms with Crippen molar-refractivity contribution in [1.82, 2.24) is 19.9 Å². The fourth-order valence-electron chi connectivity index (χ4n) is 3.90. The molecule has 1 aromatic rings. The van der Waals surface area contributed by atoms with Crippen molar-refractivity contribution in [2.24, 2.45) is 5.41 Å². The summed E-state index contributed by atoms with van der Waals surface area (Å²) in [6.07, 6.45) is -4.62.